The van der Waals surface area contributed by atoms with Gasteiger partial charge in [0.05, 0.1) is 5.84 Å². The molecule has 0 fully saturated rings. The molecule has 15 heavy (non-hydrogen) atoms. The monoisotopic (exact) mass is 203 g/mol. The number of nitrogens with two attached hydrogens (primary N) is 1. The molecule has 1 aliphatic heterocycles. The van der Waals surface area contributed by atoms with Gasteiger partial charge in [-0.2, -0.15) is 0 Å². The lowest BCUT2D eigenvalue weighted by atomic mass is 10.00. The first kappa shape index (κ1) is 10.2. The van der Waals surface area contributed by atoms with Crippen molar-refractivity contribution in [1.29, 1.82) is 5.41 Å². The van der Waals surface area contributed by atoms with Crippen LogP contribution in [0.25, 0.3) is 0 Å². The van der Waals surface area contributed by atoms with Crippen LogP contribution in [0.3, 0.4) is 0 Å². The van der Waals surface area contributed by atoms with E-state index in [0.29, 0.717) is 6.42 Å². The average molecular weight is 203 g/mol. The Morgan fingerprint density at radius 2 is 2.07 bits per heavy atom. The summed E-state index contributed by atoms with van der Waals surface area (Å²) in [7, 11) is 0. The third-order valence-corrected chi connectivity index (χ3v) is 2.91. The second-order valence-corrected chi connectivity index (χ2v) is 4.07. The summed E-state index contributed by atoms with van der Waals surface area (Å²) in [5.41, 5.74) is 8.25. The summed E-state index contributed by atoms with van der Waals surface area (Å²) in [4.78, 5) is 2.36. The van der Waals surface area contributed by atoms with Gasteiger partial charge in [0.25, 0.3) is 0 Å². The molecule has 0 bridgehead atoms. The third-order valence-electron chi connectivity index (χ3n) is 2.91. The Balaban J connectivity index is 1.96. The van der Waals surface area contributed by atoms with Gasteiger partial charge in [-0.3, -0.25) is 10.3 Å². The molecule has 3 N–H and O–H groups in total. The second kappa shape index (κ2) is 4.45. The molecule has 0 unspecified atom stereocenters. The van der Waals surface area contributed by atoms with E-state index in [4.69, 9.17) is 11.1 Å². The van der Waals surface area contributed by atoms with Crippen LogP contribution in [0.1, 0.15) is 17.5 Å². The number of hydrogen-bond acceptors (Lipinski definition) is 2. The Hall–Kier alpha value is -1.35. The normalized spacial score (nSPS) is 16.0. The first-order chi connectivity index (χ1) is 7.25. The highest BCUT2D eigenvalue weighted by atomic mass is 15.1. The molecule has 3 heteroatoms. The van der Waals surface area contributed by atoms with Crippen LogP contribution >= 0.6 is 0 Å². The summed E-state index contributed by atoms with van der Waals surface area (Å²) in [5, 5.41) is 7.21. The van der Waals surface area contributed by atoms with Crippen molar-refractivity contribution < 1.29 is 0 Å². The van der Waals surface area contributed by atoms with E-state index < -0.39 is 0 Å². The molecular formula is C12H17N3. The minimum atomic E-state index is 0.286. The van der Waals surface area contributed by atoms with Crippen LogP contribution in [0, 0.1) is 5.41 Å². The fraction of sp³-hybridized carbons (Fsp3) is 0.417. The van der Waals surface area contributed by atoms with Gasteiger partial charge in [0.15, 0.2) is 0 Å². The van der Waals surface area contributed by atoms with Gasteiger partial charge in [0.1, 0.15) is 0 Å². The molecule has 1 aliphatic rings. The Bertz CT molecular complexity index is 360. The minimum Gasteiger partial charge on any atom is -0.388 e. The van der Waals surface area contributed by atoms with Gasteiger partial charge in [0.2, 0.25) is 0 Å². The van der Waals surface area contributed by atoms with E-state index in [1.165, 1.54) is 11.1 Å². The van der Waals surface area contributed by atoms with E-state index in [1.807, 2.05) is 0 Å². The van der Waals surface area contributed by atoms with Crippen LogP contribution in [-0.2, 0) is 13.0 Å². The van der Waals surface area contributed by atoms with Crippen LogP contribution in [0.2, 0.25) is 0 Å². The molecule has 1 heterocycles. The molecule has 0 aliphatic carbocycles. The molecule has 0 aromatic heterocycles. The topological polar surface area (TPSA) is 53.1 Å². The van der Waals surface area contributed by atoms with E-state index in [0.717, 1.165) is 26.1 Å². The van der Waals surface area contributed by atoms with Crippen LogP contribution in [0.4, 0.5) is 0 Å². The number of rotatable bonds is 3. The smallest absolute Gasteiger partial charge is 0.0918 e. The molecule has 0 amide bonds. The van der Waals surface area contributed by atoms with Gasteiger partial charge < -0.3 is 5.73 Å². The number of nitrogens with zero attached hydrogens (tertiary/aromatic N) is 1. The highest BCUT2D eigenvalue weighted by molar-refractivity contribution is 5.76. The van der Waals surface area contributed by atoms with E-state index in [1.54, 1.807) is 0 Å². The summed E-state index contributed by atoms with van der Waals surface area (Å²) in [5.74, 6) is 0.286. The lowest BCUT2D eigenvalue weighted by molar-refractivity contribution is 0.261. The first-order valence-corrected chi connectivity index (χ1v) is 5.38. The minimum absolute atomic E-state index is 0.286. The van der Waals surface area contributed by atoms with Gasteiger partial charge >= 0.3 is 0 Å². The third kappa shape index (κ3) is 2.57. The van der Waals surface area contributed by atoms with Crippen molar-refractivity contribution in [1.82, 2.24) is 4.90 Å². The van der Waals surface area contributed by atoms with Crippen molar-refractivity contribution in [2.24, 2.45) is 5.73 Å². The van der Waals surface area contributed by atoms with Gasteiger partial charge in [-0.1, -0.05) is 24.3 Å². The number of nitrogens with one attached hydrogen (secondary N) is 1. The standard InChI is InChI=1S/C12H17N3/c13-12(14)6-8-15-7-5-10-3-1-2-4-11(10)9-15/h1-4H,5-9H2,(H3,13,14). The fourth-order valence-corrected chi connectivity index (χ4v) is 2.02. The lowest BCUT2D eigenvalue weighted by Gasteiger charge is -2.28. The van der Waals surface area contributed by atoms with Gasteiger partial charge in [-0.15, -0.1) is 0 Å². The summed E-state index contributed by atoms with van der Waals surface area (Å²) in [6, 6.07) is 8.59. The predicted octanol–water partition coefficient (Wildman–Crippen LogP) is 1.37. The molecule has 0 spiro atoms. The molecule has 0 saturated heterocycles. The van der Waals surface area contributed by atoms with Crippen molar-refractivity contribution in [3.05, 3.63) is 35.4 Å². The Labute approximate surface area is 90.4 Å². The van der Waals surface area contributed by atoms with Crippen LogP contribution in [0.5, 0.6) is 0 Å². The Morgan fingerprint density at radius 1 is 1.33 bits per heavy atom. The first-order valence-electron chi connectivity index (χ1n) is 5.38. The van der Waals surface area contributed by atoms with Crippen LogP contribution in [0.15, 0.2) is 24.3 Å². The zero-order valence-corrected chi connectivity index (χ0v) is 8.87. The average Bonchev–Trinajstić information content (AvgIpc) is 2.26. The molecule has 0 atom stereocenters. The van der Waals surface area contributed by atoms with Crippen molar-refractivity contribution in [3.8, 4) is 0 Å². The van der Waals surface area contributed by atoms with Crippen LogP contribution in [-0.4, -0.2) is 23.8 Å². The maximum atomic E-state index is 7.21. The molecule has 1 aromatic carbocycles. The molecular weight excluding hydrogens is 186 g/mol. The number of hydrogen-bond donors (Lipinski definition) is 2. The molecule has 0 saturated carbocycles. The van der Waals surface area contributed by atoms with Gasteiger partial charge in [0, 0.05) is 26.1 Å². The lowest BCUT2D eigenvalue weighted by Crippen LogP contribution is -2.33. The second-order valence-electron chi connectivity index (χ2n) is 4.07. The summed E-state index contributed by atoms with van der Waals surface area (Å²) in [6.07, 6.45) is 1.80. The molecule has 3 nitrogen and oxygen atoms in total. The van der Waals surface area contributed by atoms with Crippen molar-refractivity contribution in [3.63, 3.8) is 0 Å². The van der Waals surface area contributed by atoms with E-state index in [2.05, 4.69) is 29.2 Å². The highest BCUT2D eigenvalue weighted by Gasteiger charge is 2.14. The number of amidine groups is 1. The zero-order valence-electron chi connectivity index (χ0n) is 8.87. The van der Waals surface area contributed by atoms with E-state index in [-0.39, 0.29) is 5.84 Å². The summed E-state index contributed by atoms with van der Waals surface area (Å²) >= 11 is 0. The van der Waals surface area contributed by atoms with Crippen molar-refractivity contribution in [2.75, 3.05) is 13.1 Å². The Kier molecular flexibility index (Phi) is 3.02. The SMILES string of the molecule is N=C(N)CCN1CCc2ccccc2C1. The molecule has 0 radical (unpaired) electrons. The Morgan fingerprint density at radius 3 is 2.80 bits per heavy atom. The largest absolute Gasteiger partial charge is 0.388 e. The quantitative estimate of drug-likeness (QED) is 0.576. The molecule has 80 valence electrons. The maximum absolute atomic E-state index is 7.21. The van der Waals surface area contributed by atoms with Crippen molar-refractivity contribution >= 4 is 5.84 Å². The van der Waals surface area contributed by atoms with E-state index in [9.17, 15) is 0 Å². The zero-order chi connectivity index (χ0) is 10.7. The fourth-order valence-electron chi connectivity index (χ4n) is 2.02. The van der Waals surface area contributed by atoms with Crippen molar-refractivity contribution in [2.45, 2.75) is 19.4 Å². The number of fused-ring (bicyclic) bond motifs is 1. The highest BCUT2D eigenvalue weighted by Crippen LogP contribution is 2.18. The molecule has 1 aromatic rings. The summed E-state index contributed by atoms with van der Waals surface area (Å²) in [6.45, 7) is 3.00. The van der Waals surface area contributed by atoms with Crippen LogP contribution < -0.4 is 5.73 Å². The summed E-state index contributed by atoms with van der Waals surface area (Å²) < 4.78 is 0. The van der Waals surface area contributed by atoms with Gasteiger partial charge in [-0.05, 0) is 17.5 Å². The number of benzene rings is 1. The van der Waals surface area contributed by atoms with E-state index >= 15 is 0 Å². The maximum Gasteiger partial charge on any atom is 0.0918 e. The predicted molar refractivity (Wildman–Crippen MR) is 62.0 cm³/mol. The van der Waals surface area contributed by atoms with Gasteiger partial charge in [-0.25, -0.2) is 0 Å². The molecule has 2 rings (SSSR count).